The Morgan fingerprint density at radius 3 is 2.79 bits per heavy atom. The van der Waals surface area contributed by atoms with E-state index in [4.69, 9.17) is 31.2 Å². The SMILES string of the molecule is CCOc1ccc(-c2nc(Cn3nnc(C(=O)Nc4cccc(Cl)c4)c3N)c(C)o2)cc1OC. The molecule has 0 bridgehead atoms. The molecule has 0 fully saturated rings. The highest BCUT2D eigenvalue weighted by molar-refractivity contribution is 6.31. The molecule has 4 aromatic rings. The Morgan fingerprint density at radius 2 is 2.06 bits per heavy atom. The number of hydrogen-bond acceptors (Lipinski definition) is 8. The molecule has 0 aliphatic rings. The predicted octanol–water partition coefficient (Wildman–Crippen LogP) is 4.19. The lowest BCUT2D eigenvalue weighted by Gasteiger charge is -2.09. The highest BCUT2D eigenvalue weighted by Crippen LogP contribution is 2.33. The number of hydrogen-bond donors (Lipinski definition) is 2. The van der Waals surface area contributed by atoms with Crippen molar-refractivity contribution in [3.05, 3.63) is 64.6 Å². The summed E-state index contributed by atoms with van der Waals surface area (Å²) in [5, 5.41) is 11.1. The molecule has 176 valence electrons. The van der Waals surface area contributed by atoms with Crippen LogP contribution >= 0.6 is 11.6 Å². The van der Waals surface area contributed by atoms with Crippen LogP contribution in [0, 0.1) is 6.92 Å². The first-order chi connectivity index (χ1) is 16.4. The van der Waals surface area contributed by atoms with Crippen molar-refractivity contribution in [2.24, 2.45) is 0 Å². The summed E-state index contributed by atoms with van der Waals surface area (Å²) in [4.78, 5) is 17.2. The summed E-state index contributed by atoms with van der Waals surface area (Å²) >= 11 is 5.96. The van der Waals surface area contributed by atoms with Crippen LogP contribution in [0.4, 0.5) is 11.5 Å². The number of rotatable bonds is 8. The number of benzene rings is 2. The van der Waals surface area contributed by atoms with Gasteiger partial charge in [0.1, 0.15) is 11.5 Å². The van der Waals surface area contributed by atoms with Crippen molar-refractivity contribution < 1.29 is 18.7 Å². The highest BCUT2D eigenvalue weighted by Gasteiger charge is 2.20. The summed E-state index contributed by atoms with van der Waals surface area (Å²) < 4.78 is 18.2. The smallest absolute Gasteiger partial charge is 0.280 e. The van der Waals surface area contributed by atoms with Crippen molar-refractivity contribution in [2.75, 3.05) is 24.8 Å². The normalized spacial score (nSPS) is 10.8. The fourth-order valence-electron chi connectivity index (χ4n) is 3.27. The quantitative estimate of drug-likeness (QED) is 0.382. The van der Waals surface area contributed by atoms with Crippen molar-refractivity contribution in [1.29, 1.82) is 0 Å². The molecule has 0 aliphatic carbocycles. The van der Waals surface area contributed by atoms with Crippen LogP contribution in [-0.2, 0) is 6.54 Å². The Labute approximate surface area is 200 Å². The Morgan fingerprint density at radius 1 is 1.24 bits per heavy atom. The largest absolute Gasteiger partial charge is 0.493 e. The third-order valence-electron chi connectivity index (χ3n) is 4.97. The number of carbonyl (C=O) groups excluding carboxylic acids is 1. The van der Waals surface area contributed by atoms with Gasteiger partial charge in [0, 0.05) is 16.3 Å². The van der Waals surface area contributed by atoms with Crippen LogP contribution in [0.15, 0.2) is 46.9 Å². The van der Waals surface area contributed by atoms with E-state index in [1.54, 1.807) is 50.4 Å². The maximum atomic E-state index is 12.6. The van der Waals surface area contributed by atoms with Gasteiger partial charge >= 0.3 is 0 Å². The van der Waals surface area contributed by atoms with E-state index >= 15 is 0 Å². The van der Waals surface area contributed by atoms with Crippen LogP contribution in [0.3, 0.4) is 0 Å². The summed E-state index contributed by atoms with van der Waals surface area (Å²) in [5.41, 5.74) is 7.99. The number of oxazole rings is 1. The number of amides is 1. The lowest BCUT2D eigenvalue weighted by molar-refractivity contribution is 0.102. The zero-order chi connectivity index (χ0) is 24.2. The molecule has 0 atom stereocenters. The van der Waals surface area contributed by atoms with E-state index in [2.05, 4.69) is 20.6 Å². The molecule has 34 heavy (non-hydrogen) atoms. The molecule has 2 heterocycles. The van der Waals surface area contributed by atoms with Gasteiger partial charge in [-0.05, 0) is 50.2 Å². The molecule has 0 saturated carbocycles. The number of ether oxygens (including phenoxy) is 2. The third kappa shape index (κ3) is 4.81. The minimum atomic E-state index is -0.495. The molecular formula is C23H23ClN6O4. The van der Waals surface area contributed by atoms with Crippen LogP contribution < -0.4 is 20.5 Å². The number of nitrogen functional groups attached to an aromatic ring is 1. The first kappa shape index (κ1) is 23.1. The van der Waals surface area contributed by atoms with Gasteiger partial charge in [-0.25, -0.2) is 9.67 Å². The van der Waals surface area contributed by atoms with Gasteiger partial charge in [0.15, 0.2) is 23.0 Å². The molecule has 4 rings (SSSR count). The second-order valence-electron chi connectivity index (χ2n) is 7.27. The summed E-state index contributed by atoms with van der Waals surface area (Å²) in [6.45, 7) is 4.39. The Balaban J connectivity index is 1.53. The Kier molecular flexibility index (Phi) is 6.69. The van der Waals surface area contributed by atoms with Crippen LogP contribution in [0.1, 0.15) is 28.9 Å². The highest BCUT2D eigenvalue weighted by atomic mass is 35.5. The van der Waals surface area contributed by atoms with Crippen LogP contribution in [0.25, 0.3) is 11.5 Å². The minimum absolute atomic E-state index is 0.00223. The summed E-state index contributed by atoms with van der Waals surface area (Å²) in [6.07, 6.45) is 0. The minimum Gasteiger partial charge on any atom is -0.493 e. The standard InChI is InChI=1S/C23H23ClN6O4/c1-4-33-18-9-8-14(10-19(18)32-3)23-27-17(13(2)34-23)12-30-21(25)20(28-29-30)22(31)26-16-7-5-6-15(24)11-16/h5-11H,4,12,25H2,1-3H3,(H,26,31). The lowest BCUT2D eigenvalue weighted by Crippen LogP contribution is -2.15. The number of methoxy groups -OCH3 is 1. The number of carbonyl (C=O) groups is 1. The maximum absolute atomic E-state index is 12.6. The number of aryl methyl sites for hydroxylation is 1. The van der Waals surface area contributed by atoms with E-state index in [-0.39, 0.29) is 18.1 Å². The van der Waals surface area contributed by atoms with Crippen molar-refractivity contribution in [1.82, 2.24) is 20.0 Å². The monoisotopic (exact) mass is 482 g/mol. The van der Waals surface area contributed by atoms with Crippen molar-refractivity contribution in [3.8, 4) is 23.0 Å². The summed E-state index contributed by atoms with van der Waals surface area (Å²) in [5.74, 6) is 1.81. The fourth-order valence-corrected chi connectivity index (χ4v) is 3.46. The van der Waals surface area contributed by atoms with Gasteiger partial charge in [0.2, 0.25) is 5.89 Å². The molecule has 2 aromatic carbocycles. The number of nitrogens with zero attached hydrogens (tertiary/aromatic N) is 4. The first-order valence-electron chi connectivity index (χ1n) is 10.4. The second-order valence-corrected chi connectivity index (χ2v) is 7.70. The average Bonchev–Trinajstić information content (AvgIpc) is 3.37. The lowest BCUT2D eigenvalue weighted by atomic mass is 10.2. The molecule has 0 saturated heterocycles. The third-order valence-corrected chi connectivity index (χ3v) is 5.21. The van der Waals surface area contributed by atoms with E-state index < -0.39 is 5.91 Å². The zero-order valence-electron chi connectivity index (χ0n) is 18.8. The number of anilines is 2. The van der Waals surface area contributed by atoms with E-state index in [1.807, 2.05) is 13.0 Å². The fraction of sp³-hybridized carbons (Fsp3) is 0.217. The molecule has 0 aliphatic heterocycles. The van der Waals surface area contributed by atoms with E-state index in [0.717, 1.165) is 5.56 Å². The Bertz CT molecular complexity index is 1330. The summed E-state index contributed by atoms with van der Waals surface area (Å²) in [7, 11) is 1.57. The number of nitrogens with two attached hydrogens (primary N) is 1. The number of aromatic nitrogens is 4. The van der Waals surface area contributed by atoms with Gasteiger partial charge in [-0.15, -0.1) is 5.10 Å². The van der Waals surface area contributed by atoms with Crippen LogP contribution in [0.5, 0.6) is 11.5 Å². The zero-order valence-corrected chi connectivity index (χ0v) is 19.6. The van der Waals surface area contributed by atoms with Crippen LogP contribution in [-0.4, -0.2) is 39.6 Å². The van der Waals surface area contributed by atoms with Crippen molar-refractivity contribution in [2.45, 2.75) is 20.4 Å². The van der Waals surface area contributed by atoms with E-state index in [9.17, 15) is 4.79 Å². The van der Waals surface area contributed by atoms with E-state index in [0.29, 0.717) is 46.2 Å². The van der Waals surface area contributed by atoms with Gasteiger partial charge in [-0.1, -0.05) is 22.9 Å². The molecular weight excluding hydrogens is 460 g/mol. The molecule has 10 nitrogen and oxygen atoms in total. The van der Waals surface area contributed by atoms with Gasteiger partial charge < -0.3 is 24.9 Å². The first-order valence-corrected chi connectivity index (χ1v) is 10.8. The van der Waals surface area contributed by atoms with Crippen molar-refractivity contribution in [3.63, 3.8) is 0 Å². The topological polar surface area (TPSA) is 130 Å². The van der Waals surface area contributed by atoms with Gasteiger partial charge in [0.25, 0.3) is 5.91 Å². The van der Waals surface area contributed by atoms with E-state index in [1.165, 1.54) is 4.68 Å². The van der Waals surface area contributed by atoms with Gasteiger partial charge in [-0.2, -0.15) is 0 Å². The Hall–Kier alpha value is -4.05. The molecule has 0 spiro atoms. The molecule has 11 heteroatoms. The number of halogens is 1. The molecule has 0 radical (unpaired) electrons. The molecule has 1 amide bonds. The predicted molar refractivity (Wildman–Crippen MR) is 127 cm³/mol. The average molecular weight is 483 g/mol. The molecule has 2 aromatic heterocycles. The number of nitrogens with one attached hydrogen (secondary N) is 1. The molecule has 3 N–H and O–H groups in total. The van der Waals surface area contributed by atoms with Gasteiger partial charge in [-0.3, -0.25) is 4.79 Å². The van der Waals surface area contributed by atoms with Gasteiger partial charge in [0.05, 0.1) is 20.3 Å². The molecule has 0 unspecified atom stereocenters. The summed E-state index contributed by atoms with van der Waals surface area (Å²) in [6, 6.07) is 12.2. The maximum Gasteiger partial charge on any atom is 0.280 e. The second kappa shape index (κ2) is 9.84. The van der Waals surface area contributed by atoms with Crippen LogP contribution in [0.2, 0.25) is 5.02 Å². The van der Waals surface area contributed by atoms with Crippen molar-refractivity contribution >= 4 is 29.0 Å².